The molecule has 0 aromatic heterocycles. The molecule has 1 aromatic rings. The predicted molar refractivity (Wildman–Crippen MR) is 86.0 cm³/mol. The van der Waals surface area contributed by atoms with Gasteiger partial charge >= 0.3 is 0 Å². The predicted octanol–water partition coefficient (Wildman–Crippen LogP) is 0.195. The number of carbonyl (C=O) groups is 2. The molecule has 0 saturated carbocycles. The van der Waals surface area contributed by atoms with Crippen molar-refractivity contribution in [2.75, 3.05) is 5.32 Å². The number of nitrogens with two attached hydrogens (primary N) is 2. The number of guanidine groups is 1. The van der Waals surface area contributed by atoms with Crippen LogP contribution in [0.25, 0.3) is 0 Å². The highest BCUT2D eigenvalue weighted by atomic mass is 32.2. The van der Waals surface area contributed by atoms with Crippen LogP contribution in [0.15, 0.2) is 34.3 Å². The lowest BCUT2D eigenvalue weighted by Gasteiger charge is -2.07. The Balaban J connectivity index is 1.92. The quantitative estimate of drug-likeness (QED) is 0.305. The van der Waals surface area contributed by atoms with Crippen LogP contribution in [0.1, 0.15) is 6.42 Å². The van der Waals surface area contributed by atoms with E-state index in [0.717, 1.165) is 11.8 Å². The van der Waals surface area contributed by atoms with Crippen molar-refractivity contribution in [2.24, 2.45) is 21.5 Å². The molecule has 1 atom stereocenters. The van der Waals surface area contributed by atoms with Crippen molar-refractivity contribution < 1.29 is 14.5 Å². The van der Waals surface area contributed by atoms with Gasteiger partial charge in [-0.1, -0.05) is 11.8 Å². The van der Waals surface area contributed by atoms with Crippen molar-refractivity contribution in [2.45, 2.75) is 11.7 Å². The van der Waals surface area contributed by atoms with E-state index < -0.39 is 22.0 Å². The number of nitrogens with one attached hydrogen (secondary N) is 1. The monoisotopic (exact) mass is 336 g/mol. The summed E-state index contributed by atoms with van der Waals surface area (Å²) in [5, 5.41) is 12.5. The molecule has 0 saturated heterocycles. The van der Waals surface area contributed by atoms with E-state index in [9.17, 15) is 19.7 Å². The number of non-ortho nitro benzene ring substituents is 1. The van der Waals surface area contributed by atoms with Crippen LogP contribution in [0, 0.1) is 10.1 Å². The van der Waals surface area contributed by atoms with Crippen LogP contribution >= 0.6 is 11.8 Å². The number of aliphatic imine (C=N–C) groups is 2. The van der Waals surface area contributed by atoms with E-state index in [0.29, 0.717) is 5.69 Å². The molecule has 1 aromatic carbocycles. The van der Waals surface area contributed by atoms with E-state index in [4.69, 9.17) is 11.5 Å². The number of amides is 2. The zero-order valence-corrected chi connectivity index (χ0v) is 12.4. The smallest absolute Gasteiger partial charge is 0.269 e. The van der Waals surface area contributed by atoms with Crippen molar-refractivity contribution in [1.29, 1.82) is 0 Å². The van der Waals surface area contributed by atoms with Crippen LogP contribution < -0.4 is 16.8 Å². The molecule has 120 valence electrons. The number of nitrogens with zero attached hydrogens (tertiary/aromatic N) is 3. The van der Waals surface area contributed by atoms with Crippen molar-refractivity contribution in [1.82, 2.24) is 0 Å². The van der Waals surface area contributed by atoms with Crippen molar-refractivity contribution in [3.63, 3.8) is 0 Å². The summed E-state index contributed by atoms with van der Waals surface area (Å²) in [6.45, 7) is 0. The molecule has 2 rings (SSSR count). The summed E-state index contributed by atoms with van der Waals surface area (Å²) in [5.74, 6) is -1.14. The molecule has 0 radical (unpaired) electrons. The molecule has 10 nitrogen and oxygen atoms in total. The fourth-order valence-electron chi connectivity index (χ4n) is 1.71. The molecule has 0 fully saturated rings. The summed E-state index contributed by atoms with van der Waals surface area (Å²) >= 11 is 0.995. The van der Waals surface area contributed by atoms with Gasteiger partial charge in [0, 0.05) is 24.2 Å². The summed E-state index contributed by atoms with van der Waals surface area (Å²) in [6.07, 6.45) is -0.118. The average molecular weight is 336 g/mol. The maximum atomic E-state index is 11.9. The number of thioether (sulfide) groups is 1. The number of nitro benzene ring substituents is 1. The van der Waals surface area contributed by atoms with Crippen LogP contribution in [0.2, 0.25) is 0 Å². The van der Waals surface area contributed by atoms with Gasteiger partial charge in [0.1, 0.15) is 5.25 Å². The Hall–Kier alpha value is -2.95. The molecule has 11 heteroatoms. The normalized spacial score (nSPS) is 16.6. The van der Waals surface area contributed by atoms with Crippen LogP contribution in [-0.2, 0) is 9.59 Å². The van der Waals surface area contributed by atoms with Crippen molar-refractivity contribution >= 4 is 46.1 Å². The summed E-state index contributed by atoms with van der Waals surface area (Å²) in [6, 6.07) is 5.35. The Bertz CT molecular complexity index is 711. The molecule has 23 heavy (non-hydrogen) atoms. The molecule has 0 unspecified atom stereocenters. The summed E-state index contributed by atoms with van der Waals surface area (Å²) in [5.41, 5.74) is 10.7. The first kappa shape index (κ1) is 16.4. The SMILES string of the molecule is NC(N)=NC1=NC(=O)[C@@H](CC(=O)Nc2ccc([N+](=O)[O-])cc2)S1. The Morgan fingerprint density at radius 2 is 2.04 bits per heavy atom. The number of anilines is 1. The second-order valence-corrected chi connectivity index (χ2v) is 5.60. The first-order chi connectivity index (χ1) is 10.8. The third-order valence-electron chi connectivity index (χ3n) is 2.69. The highest BCUT2D eigenvalue weighted by Gasteiger charge is 2.30. The van der Waals surface area contributed by atoms with Gasteiger partial charge in [0.05, 0.1) is 4.92 Å². The van der Waals surface area contributed by atoms with Crippen molar-refractivity contribution in [3.05, 3.63) is 34.4 Å². The van der Waals surface area contributed by atoms with Crippen LogP contribution in [-0.4, -0.2) is 33.1 Å². The van der Waals surface area contributed by atoms with Crippen LogP contribution in [0.5, 0.6) is 0 Å². The lowest BCUT2D eigenvalue weighted by atomic mass is 10.2. The minimum atomic E-state index is -0.703. The maximum Gasteiger partial charge on any atom is 0.269 e. The first-order valence-corrected chi connectivity index (χ1v) is 7.16. The third-order valence-corrected chi connectivity index (χ3v) is 3.73. The maximum absolute atomic E-state index is 11.9. The number of nitro groups is 1. The lowest BCUT2D eigenvalue weighted by Crippen LogP contribution is -2.23. The second kappa shape index (κ2) is 6.87. The molecule has 1 heterocycles. The average Bonchev–Trinajstić information content (AvgIpc) is 2.78. The number of amidine groups is 1. The molecule has 0 aliphatic carbocycles. The van der Waals surface area contributed by atoms with Gasteiger partial charge < -0.3 is 16.8 Å². The molecule has 5 N–H and O–H groups in total. The van der Waals surface area contributed by atoms with Gasteiger partial charge in [-0.25, -0.2) is 0 Å². The number of benzene rings is 1. The van der Waals surface area contributed by atoms with E-state index in [1.54, 1.807) is 0 Å². The number of hydrogen-bond donors (Lipinski definition) is 3. The van der Waals surface area contributed by atoms with Crippen LogP contribution in [0.3, 0.4) is 0 Å². The number of carbonyl (C=O) groups excluding carboxylic acids is 2. The zero-order valence-electron chi connectivity index (χ0n) is 11.6. The number of hydrogen-bond acceptors (Lipinski definition) is 6. The van der Waals surface area contributed by atoms with Gasteiger partial charge in [0.15, 0.2) is 11.1 Å². The fourth-order valence-corrected chi connectivity index (χ4v) is 2.65. The second-order valence-electron chi connectivity index (χ2n) is 4.43. The minimum Gasteiger partial charge on any atom is -0.370 e. The van der Waals surface area contributed by atoms with E-state index in [2.05, 4.69) is 15.3 Å². The molecule has 2 amide bonds. The van der Waals surface area contributed by atoms with Gasteiger partial charge in [0.25, 0.3) is 11.6 Å². The van der Waals surface area contributed by atoms with E-state index in [-0.39, 0.29) is 23.2 Å². The zero-order chi connectivity index (χ0) is 17.0. The Morgan fingerprint density at radius 1 is 1.39 bits per heavy atom. The molecule has 1 aliphatic rings. The van der Waals surface area contributed by atoms with Gasteiger partial charge in [-0.05, 0) is 12.1 Å². The standard InChI is InChI=1S/C12H12N6O4S/c13-11(14)17-12-16-10(20)8(23-12)5-9(19)15-6-1-3-7(4-2-6)18(21)22/h1-4,8H,5H2,(H,15,19)(H4,13,14,16,17,20)/t8-/m1/s1. The molecule has 0 spiro atoms. The van der Waals surface area contributed by atoms with Crippen LogP contribution in [0.4, 0.5) is 11.4 Å². The van der Waals surface area contributed by atoms with E-state index in [1.807, 2.05) is 0 Å². The Morgan fingerprint density at radius 3 is 2.61 bits per heavy atom. The Kier molecular flexibility index (Phi) is 4.91. The third kappa shape index (κ3) is 4.51. The van der Waals surface area contributed by atoms with Gasteiger partial charge in [0.2, 0.25) is 5.91 Å². The van der Waals surface area contributed by atoms with Gasteiger partial charge in [-0.2, -0.15) is 9.98 Å². The van der Waals surface area contributed by atoms with Gasteiger partial charge in [-0.3, -0.25) is 19.7 Å². The van der Waals surface area contributed by atoms with E-state index >= 15 is 0 Å². The lowest BCUT2D eigenvalue weighted by molar-refractivity contribution is -0.384. The summed E-state index contributed by atoms with van der Waals surface area (Å²) in [7, 11) is 0. The first-order valence-electron chi connectivity index (χ1n) is 6.28. The molecular weight excluding hydrogens is 324 g/mol. The van der Waals surface area contributed by atoms with E-state index in [1.165, 1.54) is 24.3 Å². The summed E-state index contributed by atoms with van der Waals surface area (Å²) in [4.78, 5) is 40.9. The Labute approximate surface area is 134 Å². The number of rotatable bonds is 4. The highest BCUT2D eigenvalue weighted by molar-refractivity contribution is 8.15. The summed E-state index contributed by atoms with van der Waals surface area (Å²) < 4.78 is 0. The fraction of sp³-hybridized carbons (Fsp3) is 0.167. The molecule has 1 aliphatic heterocycles. The molecule has 0 bridgehead atoms. The highest BCUT2D eigenvalue weighted by Crippen LogP contribution is 2.26. The van der Waals surface area contributed by atoms with Crippen molar-refractivity contribution in [3.8, 4) is 0 Å². The largest absolute Gasteiger partial charge is 0.370 e. The molecular formula is C12H12N6O4S. The minimum absolute atomic E-state index is 0.0835. The van der Waals surface area contributed by atoms with Gasteiger partial charge in [-0.15, -0.1) is 0 Å². The topological polar surface area (TPSA) is 166 Å².